The second kappa shape index (κ2) is 5.16. The molecule has 0 saturated carbocycles. The Balaban J connectivity index is 1.88. The lowest BCUT2D eigenvalue weighted by molar-refractivity contribution is 0.134. The van der Waals surface area contributed by atoms with Crippen LogP contribution in [-0.2, 0) is 24.4 Å². The van der Waals surface area contributed by atoms with Gasteiger partial charge in [0.15, 0.2) is 0 Å². The summed E-state index contributed by atoms with van der Waals surface area (Å²) in [4.78, 5) is 0. The zero-order valence-electron chi connectivity index (χ0n) is 11.1. The summed E-state index contributed by atoms with van der Waals surface area (Å²) >= 11 is 0. The summed E-state index contributed by atoms with van der Waals surface area (Å²) < 4.78 is 5.40. The first-order valence-corrected chi connectivity index (χ1v) is 6.74. The van der Waals surface area contributed by atoms with Crippen LogP contribution in [0.4, 0.5) is 0 Å². The molecule has 1 aliphatic rings. The molecule has 0 bridgehead atoms. The third-order valence-corrected chi connectivity index (χ3v) is 3.76. The van der Waals surface area contributed by atoms with E-state index in [1.165, 1.54) is 16.7 Å². The molecule has 1 aliphatic heterocycles. The van der Waals surface area contributed by atoms with Gasteiger partial charge in [-0.25, -0.2) is 0 Å². The molecule has 0 spiro atoms. The van der Waals surface area contributed by atoms with Gasteiger partial charge in [-0.05, 0) is 34.2 Å². The molecule has 2 aromatic rings. The van der Waals surface area contributed by atoms with E-state index in [4.69, 9.17) is 4.74 Å². The van der Waals surface area contributed by atoms with Crippen molar-refractivity contribution < 1.29 is 9.84 Å². The summed E-state index contributed by atoms with van der Waals surface area (Å²) in [6.45, 7) is 3.48. The smallest absolute Gasteiger partial charge is 0.104 e. The van der Waals surface area contributed by atoms with Crippen LogP contribution in [0.5, 0.6) is 0 Å². The van der Waals surface area contributed by atoms with Crippen LogP contribution in [0.3, 0.4) is 0 Å². The molecule has 2 nitrogen and oxygen atoms in total. The molecular weight excluding hydrogens is 236 g/mol. The van der Waals surface area contributed by atoms with Gasteiger partial charge >= 0.3 is 0 Å². The van der Waals surface area contributed by atoms with Gasteiger partial charge in [0.25, 0.3) is 0 Å². The quantitative estimate of drug-likeness (QED) is 0.910. The highest BCUT2D eigenvalue weighted by Gasteiger charge is 2.15. The lowest BCUT2D eigenvalue weighted by atomic mass is 9.97. The van der Waals surface area contributed by atoms with Crippen LogP contribution in [0.2, 0.25) is 0 Å². The van der Waals surface area contributed by atoms with Gasteiger partial charge in [0.05, 0.1) is 13.2 Å². The Bertz CT molecular complexity index is 572. The second-order valence-corrected chi connectivity index (χ2v) is 5.02. The van der Waals surface area contributed by atoms with E-state index < -0.39 is 6.10 Å². The van der Waals surface area contributed by atoms with Gasteiger partial charge in [0.1, 0.15) is 6.10 Å². The summed E-state index contributed by atoms with van der Waals surface area (Å²) in [5.41, 5.74) is 5.60. The number of hydrogen-bond acceptors (Lipinski definition) is 2. The van der Waals surface area contributed by atoms with E-state index in [1.807, 2.05) is 18.2 Å². The van der Waals surface area contributed by atoms with Crippen molar-refractivity contribution in [1.82, 2.24) is 0 Å². The molecule has 1 N–H and O–H groups in total. The van der Waals surface area contributed by atoms with Crippen LogP contribution in [-0.4, -0.2) is 5.11 Å². The van der Waals surface area contributed by atoms with Gasteiger partial charge in [0.2, 0.25) is 0 Å². The minimum Gasteiger partial charge on any atom is -0.384 e. The minimum absolute atomic E-state index is 0.559. The van der Waals surface area contributed by atoms with Crippen LogP contribution < -0.4 is 0 Å². The van der Waals surface area contributed by atoms with Crippen molar-refractivity contribution in [3.05, 3.63) is 70.3 Å². The molecule has 2 heteroatoms. The maximum Gasteiger partial charge on any atom is 0.104 e. The van der Waals surface area contributed by atoms with Crippen LogP contribution in [0.15, 0.2) is 42.5 Å². The molecule has 0 aromatic heterocycles. The molecule has 1 heterocycles. The number of aliphatic hydroxyl groups excluding tert-OH is 1. The van der Waals surface area contributed by atoms with Gasteiger partial charge in [-0.15, -0.1) is 0 Å². The summed E-state index contributed by atoms with van der Waals surface area (Å²) in [5.74, 6) is 0. The predicted octanol–water partition coefficient (Wildman–Crippen LogP) is 3.36. The number of rotatable bonds is 3. The van der Waals surface area contributed by atoms with Crippen LogP contribution in [0.25, 0.3) is 0 Å². The number of benzene rings is 2. The highest BCUT2D eigenvalue weighted by Crippen LogP contribution is 2.27. The number of aliphatic hydroxyl groups is 1. The summed E-state index contributed by atoms with van der Waals surface area (Å²) in [6.07, 6.45) is 0.462. The first kappa shape index (κ1) is 12.4. The molecule has 1 unspecified atom stereocenters. The van der Waals surface area contributed by atoms with Gasteiger partial charge < -0.3 is 9.84 Å². The number of fused-ring (bicyclic) bond motifs is 1. The first-order valence-electron chi connectivity index (χ1n) is 6.74. The monoisotopic (exact) mass is 254 g/mol. The summed E-state index contributed by atoms with van der Waals surface area (Å²) in [5, 5.41) is 10.4. The van der Waals surface area contributed by atoms with Crippen molar-refractivity contribution in [1.29, 1.82) is 0 Å². The SMILES string of the molecule is CCc1ccc(C(O)c2ccc3c(c2)COC3)cc1. The molecule has 98 valence electrons. The average molecular weight is 254 g/mol. The molecule has 1 atom stereocenters. The maximum atomic E-state index is 10.4. The van der Waals surface area contributed by atoms with Gasteiger partial charge in [-0.3, -0.25) is 0 Å². The first-order chi connectivity index (χ1) is 9.28. The van der Waals surface area contributed by atoms with Crippen molar-refractivity contribution in [3.8, 4) is 0 Å². The molecule has 2 aromatic carbocycles. The van der Waals surface area contributed by atoms with Crippen LogP contribution in [0, 0.1) is 0 Å². The topological polar surface area (TPSA) is 29.5 Å². The van der Waals surface area contributed by atoms with Crippen molar-refractivity contribution in [2.45, 2.75) is 32.7 Å². The highest BCUT2D eigenvalue weighted by atomic mass is 16.5. The summed E-state index contributed by atoms with van der Waals surface area (Å²) in [6, 6.07) is 14.3. The van der Waals surface area contributed by atoms with Gasteiger partial charge in [-0.1, -0.05) is 49.4 Å². The van der Waals surface area contributed by atoms with Crippen molar-refractivity contribution in [2.24, 2.45) is 0 Å². The predicted molar refractivity (Wildman–Crippen MR) is 74.8 cm³/mol. The van der Waals surface area contributed by atoms with Crippen molar-refractivity contribution in [2.75, 3.05) is 0 Å². The fourth-order valence-corrected chi connectivity index (χ4v) is 2.49. The number of aryl methyl sites for hydroxylation is 1. The normalized spacial score (nSPS) is 15.3. The molecule has 0 fully saturated rings. The largest absolute Gasteiger partial charge is 0.384 e. The standard InChI is InChI=1S/C17H18O2/c1-2-12-3-5-13(6-4-12)17(18)14-7-8-15-10-19-11-16(15)9-14/h3-9,17-18H,2,10-11H2,1H3. The summed E-state index contributed by atoms with van der Waals surface area (Å²) in [7, 11) is 0. The Hall–Kier alpha value is -1.64. The van der Waals surface area contributed by atoms with E-state index in [9.17, 15) is 5.11 Å². The van der Waals surface area contributed by atoms with Gasteiger partial charge in [-0.2, -0.15) is 0 Å². The molecule has 0 radical (unpaired) electrons. The highest BCUT2D eigenvalue weighted by molar-refractivity contribution is 5.38. The van der Waals surface area contributed by atoms with Crippen molar-refractivity contribution in [3.63, 3.8) is 0 Å². The lowest BCUT2D eigenvalue weighted by Gasteiger charge is -2.13. The number of ether oxygens (including phenoxy) is 1. The fraction of sp³-hybridized carbons (Fsp3) is 0.294. The minimum atomic E-state index is -0.559. The van der Waals surface area contributed by atoms with Crippen molar-refractivity contribution >= 4 is 0 Å². The Morgan fingerprint density at radius 3 is 2.42 bits per heavy atom. The van der Waals surface area contributed by atoms with E-state index >= 15 is 0 Å². The Labute approximate surface area is 113 Å². The zero-order valence-corrected chi connectivity index (χ0v) is 11.1. The van der Waals surface area contributed by atoms with Crippen LogP contribution >= 0.6 is 0 Å². The van der Waals surface area contributed by atoms with E-state index in [0.717, 1.165) is 17.5 Å². The lowest BCUT2D eigenvalue weighted by Crippen LogP contribution is -2.01. The maximum absolute atomic E-state index is 10.4. The Kier molecular flexibility index (Phi) is 3.36. The Morgan fingerprint density at radius 2 is 1.68 bits per heavy atom. The fourth-order valence-electron chi connectivity index (χ4n) is 2.49. The zero-order chi connectivity index (χ0) is 13.2. The number of hydrogen-bond donors (Lipinski definition) is 1. The molecule has 0 aliphatic carbocycles. The van der Waals surface area contributed by atoms with Crippen LogP contribution in [0.1, 0.15) is 40.8 Å². The third kappa shape index (κ3) is 2.42. The molecular formula is C17H18O2. The van der Waals surface area contributed by atoms with E-state index in [2.05, 4.69) is 31.2 Å². The Morgan fingerprint density at radius 1 is 1.00 bits per heavy atom. The van der Waals surface area contributed by atoms with E-state index in [-0.39, 0.29) is 0 Å². The molecule has 0 saturated heterocycles. The van der Waals surface area contributed by atoms with E-state index in [0.29, 0.717) is 13.2 Å². The second-order valence-electron chi connectivity index (χ2n) is 5.02. The molecule has 0 amide bonds. The average Bonchev–Trinajstić information content (AvgIpc) is 2.94. The van der Waals surface area contributed by atoms with E-state index in [1.54, 1.807) is 0 Å². The molecule has 3 rings (SSSR count). The van der Waals surface area contributed by atoms with Gasteiger partial charge in [0, 0.05) is 0 Å². The molecule has 19 heavy (non-hydrogen) atoms. The third-order valence-electron chi connectivity index (χ3n) is 3.76.